The van der Waals surface area contributed by atoms with Gasteiger partial charge in [0, 0.05) is 21.2 Å². The minimum absolute atomic E-state index is 0.608. The van der Waals surface area contributed by atoms with E-state index in [0.29, 0.717) is 15.8 Å². The summed E-state index contributed by atoms with van der Waals surface area (Å²) in [5.74, 6) is 1.86. The number of amides is 1. The van der Waals surface area contributed by atoms with E-state index in [2.05, 4.69) is 22.2 Å². The molecule has 24 heavy (non-hydrogen) atoms. The molecule has 1 N–H and O–H groups in total. The third-order valence-corrected chi connectivity index (χ3v) is 5.92. The van der Waals surface area contributed by atoms with Crippen LogP contribution in [-0.2, 0) is 10.5 Å². The topological polar surface area (TPSA) is 50.7 Å². The van der Waals surface area contributed by atoms with Gasteiger partial charge >= 0.3 is 6.09 Å². The Morgan fingerprint density at radius 2 is 2.04 bits per heavy atom. The van der Waals surface area contributed by atoms with Gasteiger partial charge in [0.15, 0.2) is 0 Å². The molecule has 0 spiro atoms. The van der Waals surface area contributed by atoms with Crippen LogP contribution in [0.25, 0.3) is 0 Å². The maximum atomic E-state index is 11.4. The van der Waals surface area contributed by atoms with Crippen LogP contribution >= 0.6 is 46.3 Å². The summed E-state index contributed by atoms with van der Waals surface area (Å²) in [7, 11) is 1.29. The molecular weight excluding hydrogens is 387 g/mol. The van der Waals surface area contributed by atoms with Crippen molar-refractivity contribution < 1.29 is 9.53 Å². The molecule has 0 saturated carbocycles. The zero-order valence-electron chi connectivity index (χ0n) is 13.1. The van der Waals surface area contributed by atoms with Gasteiger partial charge < -0.3 is 4.74 Å². The number of carbonyl (C=O) groups excluding carboxylic acids is 1. The quantitative estimate of drug-likeness (QED) is 0.518. The zero-order valence-corrected chi connectivity index (χ0v) is 16.3. The monoisotopic (exact) mass is 402 g/mol. The van der Waals surface area contributed by atoms with E-state index in [0.717, 1.165) is 26.8 Å². The fourth-order valence-corrected chi connectivity index (χ4v) is 4.28. The third-order valence-electron chi connectivity index (χ3n) is 2.99. The predicted octanol–water partition coefficient (Wildman–Crippen LogP) is 5.42. The highest BCUT2D eigenvalue weighted by Crippen LogP contribution is 2.32. The highest BCUT2D eigenvalue weighted by Gasteiger charge is 2.15. The number of hydrogen-bond donors (Lipinski definition) is 1. The number of thioether (sulfide) groups is 1. The lowest BCUT2D eigenvalue weighted by molar-refractivity contribution is 0.171. The van der Waals surface area contributed by atoms with Crippen molar-refractivity contribution in [2.75, 3.05) is 12.9 Å². The number of ether oxygens (including phenoxy) is 1. The molecule has 1 amide bonds. The first-order valence-electron chi connectivity index (χ1n) is 7.09. The van der Waals surface area contributed by atoms with Gasteiger partial charge in [0.25, 0.3) is 0 Å². The van der Waals surface area contributed by atoms with E-state index in [1.165, 1.54) is 7.11 Å². The molecule has 8 heteroatoms. The molecule has 1 aromatic heterocycles. The summed E-state index contributed by atoms with van der Waals surface area (Å²) in [6.45, 7) is 2.11. The molecule has 0 aliphatic rings. The van der Waals surface area contributed by atoms with Gasteiger partial charge in [0.05, 0.1) is 17.0 Å². The van der Waals surface area contributed by atoms with Crippen LogP contribution in [0.5, 0.6) is 0 Å². The van der Waals surface area contributed by atoms with E-state index in [1.54, 1.807) is 35.2 Å². The second-order valence-electron chi connectivity index (χ2n) is 4.59. The summed E-state index contributed by atoms with van der Waals surface area (Å²) in [6, 6.07) is 9.09. The van der Waals surface area contributed by atoms with Crippen LogP contribution in [0.3, 0.4) is 0 Å². The Bertz CT molecular complexity index is 730. The Labute approximate surface area is 159 Å². The molecule has 128 valence electrons. The van der Waals surface area contributed by atoms with Crippen LogP contribution < -0.4 is 5.43 Å². The van der Waals surface area contributed by atoms with Gasteiger partial charge in [-0.2, -0.15) is 16.9 Å². The van der Waals surface area contributed by atoms with E-state index >= 15 is 0 Å². The highest BCUT2D eigenvalue weighted by atomic mass is 35.5. The smallest absolute Gasteiger partial charge is 0.427 e. The van der Waals surface area contributed by atoms with Crippen LogP contribution in [-0.4, -0.2) is 24.7 Å². The molecule has 1 aromatic carbocycles. The molecule has 0 bridgehead atoms. The van der Waals surface area contributed by atoms with E-state index in [-0.39, 0.29) is 0 Å². The van der Waals surface area contributed by atoms with E-state index in [1.807, 2.05) is 18.2 Å². The van der Waals surface area contributed by atoms with Gasteiger partial charge in [-0.05, 0) is 24.0 Å². The van der Waals surface area contributed by atoms with Crippen molar-refractivity contribution in [3.05, 3.63) is 55.7 Å². The summed E-state index contributed by atoms with van der Waals surface area (Å²) in [5.41, 5.74) is 3.80. The number of hydrazone groups is 1. The molecular formula is C16H16Cl2N2O2S2. The minimum Gasteiger partial charge on any atom is -0.452 e. The van der Waals surface area contributed by atoms with Crippen LogP contribution in [0.15, 0.2) is 35.4 Å². The Kier molecular flexibility index (Phi) is 7.42. The summed E-state index contributed by atoms with van der Waals surface area (Å²) in [6.07, 6.45) is -0.633. The van der Waals surface area contributed by atoms with Crippen molar-refractivity contribution in [3.63, 3.8) is 0 Å². The molecule has 1 heterocycles. The average molecular weight is 403 g/mol. The number of thiophene rings is 1. The van der Waals surface area contributed by atoms with Crippen molar-refractivity contribution >= 4 is 58.1 Å². The van der Waals surface area contributed by atoms with Crippen molar-refractivity contribution in [3.8, 4) is 0 Å². The maximum Gasteiger partial charge on any atom is 0.427 e. The zero-order chi connectivity index (χ0) is 17.5. The van der Waals surface area contributed by atoms with Gasteiger partial charge in [-0.25, -0.2) is 10.2 Å². The first kappa shape index (κ1) is 19.1. The molecule has 0 unspecified atom stereocenters. The van der Waals surface area contributed by atoms with Crippen molar-refractivity contribution in [2.24, 2.45) is 5.10 Å². The second-order valence-corrected chi connectivity index (χ2v) is 7.84. The molecule has 0 atom stereocenters. The van der Waals surface area contributed by atoms with E-state index in [4.69, 9.17) is 23.2 Å². The van der Waals surface area contributed by atoms with E-state index < -0.39 is 6.09 Å². The van der Waals surface area contributed by atoms with Crippen LogP contribution in [0.1, 0.15) is 22.2 Å². The standard InChI is InChI=1S/C16H16Cl2N2O2S2/c1-3-23-9-14-12(18)8-13(24-14)15(19-20-16(21)22-2)10-4-6-11(17)7-5-10/h4-8H,3,9H2,1-2H3,(H,20,21). The van der Waals surface area contributed by atoms with Crippen LogP contribution in [0.4, 0.5) is 4.79 Å². The molecule has 0 radical (unpaired) electrons. The lowest BCUT2D eigenvalue weighted by Gasteiger charge is -2.05. The molecule has 4 nitrogen and oxygen atoms in total. The van der Waals surface area contributed by atoms with Gasteiger partial charge in [-0.3, -0.25) is 0 Å². The molecule has 2 rings (SSSR count). The van der Waals surface area contributed by atoms with Gasteiger partial charge in [-0.15, -0.1) is 11.3 Å². The Morgan fingerprint density at radius 3 is 2.67 bits per heavy atom. The number of carbonyl (C=O) groups is 1. The van der Waals surface area contributed by atoms with Crippen molar-refractivity contribution in [1.29, 1.82) is 0 Å². The summed E-state index contributed by atoms with van der Waals surface area (Å²) >= 11 is 15.6. The molecule has 0 fully saturated rings. The minimum atomic E-state index is -0.633. The second kappa shape index (κ2) is 9.32. The fourth-order valence-electron chi connectivity index (χ4n) is 1.83. The number of methoxy groups -OCH3 is 1. The fraction of sp³-hybridized carbons (Fsp3) is 0.250. The normalized spacial score (nSPS) is 11.4. The summed E-state index contributed by atoms with van der Waals surface area (Å²) in [4.78, 5) is 13.3. The van der Waals surface area contributed by atoms with Crippen LogP contribution in [0.2, 0.25) is 10.0 Å². The van der Waals surface area contributed by atoms with Gasteiger partial charge in [-0.1, -0.05) is 42.3 Å². The van der Waals surface area contributed by atoms with Crippen molar-refractivity contribution in [2.45, 2.75) is 12.7 Å². The summed E-state index contributed by atoms with van der Waals surface area (Å²) < 4.78 is 4.57. The number of benzene rings is 1. The number of nitrogens with zero attached hydrogens (tertiary/aromatic N) is 1. The molecule has 0 aliphatic heterocycles. The number of halogens is 2. The lowest BCUT2D eigenvalue weighted by Crippen LogP contribution is -2.19. The lowest BCUT2D eigenvalue weighted by atomic mass is 10.1. The maximum absolute atomic E-state index is 11.4. The largest absolute Gasteiger partial charge is 0.452 e. The molecule has 2 aromatic rings. The SMILES string of the molecule is CCSCc1sc(C(=NNC(=O)OC)c2ccc(Cl)cc2)cc1Cl. The number of rotatable bonds is 6. The Hall–Kier alpha value is -1.21. The average Bonchev–Trinajstić information content (AvgIpc) is 2.95. The number of hydrogen-bond acceptors (Lipinski definition) is 5. The number of nitrogens with one attached hydrogen (secondary N) is 1. The molecule has 0 aliphatic carbocycles. The summed E-state index contributed by atoms with van der Waals surface area (Å²) in [5, 5.41) is 5.53. The van der Waals surface area contributed by atoms with Crippen LogP contribution in [0, 0.1) is 0 Å². The van der Waals surface area contributed by atoms with Gasteiger partial charge in [0.2, 0.25) is 0 Å². The van der Waals surface area contributed by atoms with Gasteiger partial charge in [0.1, 0.15) is 5.71 Å². The Morgan fingerprint density at radius 1 is 1.33 bits per heavy atom. The first-order chi connectivity index (χ1) is 11.5. The predicted molar refractivity (Wildman–Crippen MR) is 104 cm³/mol. The molecule has 0 saturated heterocycles. The van der Waals surface area contributed by atoms with E-state index in [9.17, 15) is 4.79 Å². The highest BCUT2D eigenvalue weighted by molar-refractivity contribution is 7.98. The third kappa shape index (κ3) is 5.14. The van der Waals surface area contributed by atoms with Crippen molar-refractivity contribution in [1.82, 2.24) is 5.43 Å². The Balaban J connectivity index is 2.38. The first-order valence-corrected chi connectivity index (χ1v) is 9.81.